The molecule has 0 radical (unpaired) electrons. The van der Waals surface area contributed by atoms with Crippen LogP contribution in [-0.2, 0) is 6.54 Å². The fraction of sp³-hybridized carbons (Fsp3) is 0.250. The second-order valence-electron chi connectivity index (χ2n) is 3.64. The Hall–Kier alpha value is -1.03. The lowest BCUT2D eigenvalue weighted by Crippen LogP contribution is -2.09. The lowest BCUT2D eigenvalue weighted by Gasteiger charge is -2.14. The Morgan fingerprint density at radius 1 is 1.35 bits per heavy atom. The summed E-state index contributed by atoms with van der Waals surface area (Å²) < 4.78 is 1.72. The zero-order valence-corrected chi connectivity index (χ0v) is 10.8. The van der Waals surface area contributed by atoms with E-state index in [1.807, 2.05) is 6.92 Å². The van der Waals surface area contributed by atoms with Crippen LogP contribution in [-0.4, -0.2) is 14.9 Å². The van der Waals surface area contributed by atoms with E-state index in [2.05, 4.69) is 5.10 Å². The summed E-state index contributed by atoms with van der Waals surface area (Å²) in [7, 11) is 0. The van der Waals surface area contributed by atoms with E-state index in [4.69, 9.17) is 23.2 Å². The monoisotopic (exact) mass is 270 g/mol. The molecular weight excluding hydrogens is 259 g/mol. The van der Waals surface area contributed by atoms with Crippen molar-refractivity contribution in [3.05, 3.63) is 51.8 Å². The molecule has 0 aliphatic heterocycles. The summed E-state index contributed by atoms with van der Waals surface area (Å²) in [4.78, 5) is 0. The molecule has 3 nitrogen and oxygen atoms in total. The lowest BCUT2D eigenvalue weighted by molar-refractivity contribution is 0.208. The van der Waals surface area contributed by atoms with Crippen LogP contribution in [0.2, 0.25) is 10.0 Å². The lowest BCUT2D eigenvalue weighted by atomic mass is 10.1. The molecule has 90 valence electrons. The van der Waals surface area contributed by atoms with Gasteiger partial charge in [-0.25, -0.2) is 0 Å². The molecular formula is C12H12Cl2N2O. The molecule has 1 atom stereocenters. The van der Waals surface area contributed by atoms with Crippen molar-refractivity contribution in [2.45, 2.75) is 19.6 Å². The van der Waals surface area contributed by atoms with Crippen LogP contribution in [0.1, 0.15) is 24.3 Å². The van der Waals surface area contributed by atoms with Gasteiger partial charge in [-0.05, 0) is 31.2 Å². The minimum Gasteiger partial charge on any atom is -0.382 e. The molecule has 0 fully saturated rings. The normalized spacial score (nSPS) is 12.7. The van der Waals surface area contributed by atoms with E-state index in [0.29, 0.717) is 27.8 Å². The summed E-state index contributed by atoms with van der Waals surface area (Å²) in [6, 6.07) is 6.80. The number of benzene rings is 1. The number of aliphatic hydroxyl groups is 1. The van der Waals surface area contributed by atoms with Gasteiger partial charge in [0.25, 0.3) is 0 Å². The maximum atomic E-state index is 10.3. The van der Waals surface area contributed by atoms with Crippen molar-refractivity contribution in [3.63, 3.8) is 0 Å². The average molecular weight is 271 g/mol. The largest absolute Gasteiger partial charge is 0.382 e. The van der Waals surface area contributed by atoms with Crippen LogP contribution < -0.4 is 0 Å². The molecule has 0 aliphatic carbocycles. The second-order valence-corrected chi connectivity index (χ2v) is 4.48. The maximum Gasteiger partial charge on any atom is 0.122 e. The number of hydrogen-bond donors (Lipinski definition) is 1. The summed E-state index contributed by atoms with van der Waals surface area (Å²) >= 11 is 12.0. The summed E-state index contributed by atoms with van der Waals surface area (Å²) in [5.41, 5.74) is 1.30. The van der Waals surface area contributed by atoms with Crippen LogP contribution in [0.4, 0.5) is 0 Å². The van der Waals surface area contributed by atoms with E-state index in [1.165, 1.54) is 0 Å². The van der Waals surface area contributed by atoms with E-state index in [1.54, 1.807) is 35.1 Å². The van der Waals surface area contributed by atoms with Crippen molar-refractivity contribution in [3.8, 4) is 0 Å². The minimum absolute atomic E-state index is 0.491. The topological polar surface area (TPSA) is 38.0 Å². The molecule has 0 aliphatic rings. The fourth-order valence-electron chi connectivity index (χ4n) is 1.72. The Labute approximate surface area is 110 Å². The molecule has 1 unspecified atom stereocenters. The maximum absolute atomic E-state index is 10.3. The van der Waals surface area contributed by atoms with Crippen LogP contribution in [0.15, 0.2) is 30.5 Å². The van der Waals surface area contributed by atoms with E-state index in [9.17, 15) is 5.11 Å². The highest BCUT2D eigenvalue weighted by Crippen LogP contribution is 2.30. The predicted molar refractivity (Wildman–Crippen MR) is 68.4 cm³/mol. The molecule has 1 aromatic carbocycles. The highest BCUT2D eigenvalue weighted by Gasteiger charge is 2.17. The van der Waals surface area contributed by atoms with Gasteiger partial charge in [-0.1, -0.05) is 23.2 Å². The molecule has 17 heavy (non-hydrogen) atoms. The molecule has 5 heteroatoms. The third-order valence-corrected chi connectivity index (χ3v) is 3.16. The molecule has 0 saturated carbocycles. The van der Waals surface area contributed by atoms with E-state index >= 15 is 0 Å². The first kappa shape index (κ1) is 12.4. The van der Waals surface area contributed by atoms with E-state index < -0.39 is 6.10 Å². The summed E-state index contributed by atoms with van der Waals surface area (Å²) in [6.07, 6.45) is 0.837. The minimum atomic E-state index is -0.816. The third kappa shape index (κ3) is 2.46. The highest BCUT2D eigenvalue weighted by molar-refractivity contribution is 6.33. The number of nitrogens with zero attached hydrogens (tertiary/aromatic N) is 2. The molecule has 2 rings (SSSR count). The van der Waals surface area contributed by atoms with Gasteiger partial charge in [0.05, 0.1) is 5.69 Å². The average Bonchev–Trinajstić information content (AvgIpc) is 2.79. The van der Waals surface area contributed by atoms with Gasteiger partial charge in [-0.2, -0.15) is 5.10 Å². The van der Waals surface area contributed by atoms with Crippen LogP contribution in [0.5, 0.6) is 0 Å². The van der Waals surface area contributed by atoms with Crippen molar-refractivity contribution in [1.82, 2.24) is 9.78 Å². The first-order chi connectivity index (χ1) is 8.13. The van der Waals surface area contributed by atoms with Gasteiger partial charge in [0.15, 0.2) is 0 Å². The number of aromatic nitrogens is 2. The van der Waals surface area contributed by atoms with Gasteiger partial charge in [0, 0.05) is 28.4 Å². The number of aryl methyl sites for hydroxylation is 1. The molecule has 2 aromatic rings. The molecule has 0 bridgehead atoms. The van der Waals surface area contributed by atoms with Gasteiger partial charge in [0.1, 0.15) is 6.10 Å². The number of hydrogen-bond acceptors (Lipinski definition) is 2. The van der Waals surface area contributed by atoms with Crippen LogP contribution >= 0.6 is 23.2 Å². The summed E-state index contributed by atoms with van der Waals surface area (Å²) in [6.45, 7) is 2.65. The van der Waals surface area contributed by atoms with Gasteiger partial charge in [0.2, 0.25) is 0 Å². The Balaban J connectivity index is 2.43. The first-order valence-electron chi connectivity index (χ1n) is 5.28. The molecule has 1 aromatic heterocycles. The Morgan fingerprint density at radius 3 is 2.82 bits per heavy atom. The predicted octanol–water partition coefficient (Wildman–Crippen LogP) is 3.29. The van der Waals surface area contributed by atoms with Gasteiger partial charge in [-0.3, -0.25) is 4.68 Å². The van der Waals surface area contributed by atoms with E-state index in [0.717, 1.165) is 0 Å². The Kier molecular flexibility index (Phi) is 3.72. The van der Waals surface area contributed by atoms with Gasteiger partial charge >= 0.3 is 0 Å². The molecule has 0 amide bonds. The fourth-order valence-corrected chi connectivity index (χ4v) is 2.12. The smallest absolute Gasteiger partial charge is 0.122 e. The van der Waals surface area contributed by atoms with Crippen LogP contribution in [0, 0.1) is 0 Å². The van der Waals surface area contributed by atoms with Gasteiger partial charge < -0.3 is 5.11 Å². The second kappa shape index (κ2) is 5.08. The third-order valence-electron chi connectivity index (χ3n) is 2.58. The number of aliphatic hydroxyl groups excluding tert-OH is 1. The quantitative estimate of drug-likeness (QED) is 0.930. The Bertz CT molecular complexity index is 525. The molecule has 1 heterocycles. The van der Waals surface area contributed by atoms with Crippen molar-refractivity contribution < 1.29 is 5.11 Å². The molecule has 0 spiro atoms. The first-order valence-corrected chi connectivity index (χ1v) is 6.03. The van der Waals surface area contributed by atoms with Crippen LogP contribution in [0.25, 0.3) is 0 Å². The summed E-state index contributed by atoms with van der Waals surface area (Å²) in [5, 5.41) is 15.4. The molecule has 1 N–H and O–H groups in total. The highest BCUT2D eigenvalue weighted by atomic mass is 35.5. The van der Waals surface area contributed by atoms with Gasteiger partial charge in [-0.15, -0.1) is 0 Å². The van der Waals surface area contributed by atoms with Crippen molar-refractivity contribution >= 4 is 23.2 Å². The van der Waals surface area contributed by atoms with Crippen LogP contribution in [0.3, 0.4) is 0 Å². The SMILES string of the molecule is CCn1nccc1C(O)c1cc(Cl)ccc1Cl. The standard InChI is InChI=1S/C12H12Cl2N2O/c1-2-16-11(5-6-15-16)12(17)9-7-8(13)3-4-10(9)14/h3-7,12,17H,2H2,1H3. The number of halogens is 2. The van der Waals surface area contributed by atoms with Crippen molar-refractivity contribution in [1.29, 1.82) is 0 Å². The van der Waals surface area contributed by atoms with Crippen molar-refractivity contribution in [2.75, 3.05) is 0 Å². The zero-order valence-electron chi connectivity index (χ0n) is 9.27. The zero-order chi connectivity index (χ0) is 12.4. The Morgan fingerprint density at radius 2 is 2.12 bits per heavy atom. The van der Waals surface area contributed by atoms with E-state index in [-0.39, 0.29) is 0 Å². The van der Waals surface area contributed by atoms with Crippen molar-refractivity contribution in [2.24, 2.45) is 0 Å². The number of rotatable bonds is 3. The summed E-state index contributed by atoms with van der Waals surface area (Å²) in [5.74, 6) is 0. The molecule has 0 saturated heterocycles.